The molecule has 2 rings (SSSR count). The van der Waals surface area contributed by atoms with E-state index in [0.717, 1.165) is 10.5 Å². The van der Waals surface area contributed by atoms with Crippen LogP contribution in [0.3, 0.4) is 0 Å². The molecular formula is C16H15Cl2NO2S. The van der Waals surface area contributed by atoms with Gasteiger partial charge < -0.3 is 10.4 Å². The third-order valence-electron chi connectivity index (χ3n) is 3.01. The average Bonchev–Trinajstić information content (AvgIpc) is 2.46. The van der Waals surface area contributed by atoms with E-state index in [-0.39, 0.29) is 17.7 Å². The first kappa shape index (κ1) is 17.0. The average molecular weight is 356 g/mol. The van der Waals surface area contributed by atoms with E-state index in [9.17, 15) is 9.90 Å². The fourth-order valence-corrected chi connectivity index (χ4v) is 3.19. The molecule has 3 nitrogen and oxygen atoms in total. The van der Waals surface area contributed by atoms with E-state index in [0.29, 0.717) is 15.8 Å². The Kier molecular flexibility index (Phi) is 6.00. The van der Waals surface area contributed by atoms with Crippen molar-refractivity contribution in [2.75, 3.05) is 5.75 Å². The predicted molar refractivity (Wildman–Crippen MR) is 91.9 cm³/mol. The number of phenolic OH excluding ortho intramolecular Hbond substituents is 1. The number of hydrogen-bond donors (Lipinski definition) is 2. The summed E-state index contributed by atoms with van der Waals surface area (Å²) >= 11 is 13.4. The van der Waals surface area contributed by atoms with Crippen LogP contribution in [0.15, 0.2) is 47.4 Å². The zero-order valence-corrected chi connectivity index (χ0v) is 14.2. The van der Waals surface area contributed by atoms with Crippen molar-refractivity contribution in [3.63, 3.8) is 0 Å². The second-order valence-corrected chi connectivity index (χ2v) is 6.63. The summed E-state index contributed by atoms with van der Waals surface area (Å²) in [7, 11) is 0. The maximum atomic E-state index is 12.0. The van der Waals surface area contributed by atoms with Crippen molar-refractivity contribution >= 4 is 40.9 Å². The van der Waals surface area contributed by atoms with Crippen molar-refractivity contribution in [2.45, 2.75) is 17.9 Å². The maximum absolute atomic E-state index is 12.0. The highest BCUT2D eigenvalue weighted by atomic mass is 35.5. The van der Waals surface area contributed by atoms with Gasteiger partial charge in [0.05, 0.1) is 11.8 Å². The number of benzene rings is 2. The lowest BCUT2D eigenvalue weighted by molar-refractivity contribution is -0.119. The van der Waals surface area contributed by atoms with Crippen molar-refractivity contribution in [3.05, 3.63) is 58.1 Å². The number of carbonyl (C=O) groups is 1. The van der Waals surface area contributed by atoms with E-state index in [1.54, 1.807) is 36.4 Å². The zero-order valence-electron chi connectivity index (χ0n) is 11.8. The molecule has 2 aromatic carbocycles. The molecule has 0 fully saturated rings. The van der Waals surface area contributed by atoms with E-state index < -0.39 is 0 Å². The standard InChI is InChI=1S/C16H15Cl2NO2S/c1-10(14-7-2-11(17)8-15(14)18)19-16(21)9-22-13-5-3-12(20)4-6-13/h2-8,10,20H,9H2,1H3,(H,19,21). The lowest BCUT2D eigenvalue weighted by atomic mass is 10.1. The van der Waals surface area contributed by atoms with Gasteiger partial charge >= 0.3 is 0 Å². The lowest BCUT2D eigenvalue weighted by Crippen LogP contribution is -2.28. The molecule has 0 radical (unpaired) electrons. The van der Waals surface area contributed by atoms with Crippen LogP contribution in [0, 0.1) is 0 Å². The van der Waals surface area contributed by atoms with Crippen LogP contribution in [0.1, 0.15) is 18.5 Å². The highest BCUT2D eigenvalue weighted by Crippen LogP contribution is 2.26. The van der Waals surface area contributed by atoms with Crippen molar-refractivity contribution in [3.8, 4) is 5.75 Å². The highest BCUT2D eigenvalue weighted by Gasteiger charge is 2.13. The van der Waals surface area contributed by atoms with Crippen LogP contribution in [-0.4, -0.2) is 16.8 Å². The topological polar surface area (TPSA) is 49.3 Å². The molecule has 1 amide bonds. The van der Waals surface area contributed by atoms with Gasteiger partial charge in [-0.1, -0.05) is 29.3 Å². The molecule has 2 aromatic rings. The Balaban J connectivity index is 1.89. The van der Waals surface area contributed by atoms with Gasteiger partial charge in [0.2, 0.25) is 5.91 Å². The molecule has 0 heterocycles. The first-order valence-electron chi connectivity index (χ1n) is 6.62. The number of aromatic hydroxyl groups is 1. The summed E-state index contributed by atoms with van der Waals surface area (Å²) in [5, 5.41) is 13.2. The van der Waals surface area contributed by atoms with Crippen LogP contribution in [0.4, 0.5) is 0 Å². The number of thioether (sulfide) groups is 1. The number of phenols is 1. The number of halogens is 2. The predicted octanol–water partition coefficient (Wildman–Crippen LogP) is 4.67. The van der Waals surface area contributed by atoms with Gasteiger partial charge in [-0.3, -0.25) is 4.79 Å². The van der Waals surface area contributed by atoms with Gasteiger partial charge in [0.25, 0.3) is 0 Å². The second-order valence-electron chi connectivity index (χ2n) is 4.74. The van der Waals surface area contributed by atoms with Crippen LogP contribution in [-0.2, 0) is 4.79 Å². The van der Waals surface area contributed by atoms with Gasteiger partial charge in [0, 0.05) is 14.9 Å². The molecule has 116 valence electrons. The smallest absolute Gasteiger partial charge is 0.230 e. The Morgan fingerprint density at radius 3 is 2.55 bits per heavy atom. The fraction of sp³-hybridized carbons (Fsp3) is 0.188. The Morgan fingerprint density at radius 1 is 1.23 bits per heavy atom. The molecule has 6 heteroatoms. The molecule has 2 N–H and O–H groups in total. The van der Waals surface area contributed by atoms with Crippen molar-refractivity contribution in [1.82, 2.24) is 5.32 Å². The largest absolute Gasteiger partial charge is 0.508 e. The molecule has 0 aliphatic carbocycles. The number of nitrogens with one attached hydrogen (secondary N) is 1. The van der Waals surface area contributed by atoms with Gasteiger partial charge in [-0.15, -0.1) is 11.8 Å². The monoisotopic (exact) mass is 355 g/mol. The first-order valence-corrected chi connectivity index (χ1v) is 8.36. The van der Waals surface area contributed by atoms with Gasteiger partial charge in [0.15, 0.2) is 0 Å². The SMILES string of the molecule is CC(NC(=O)CSc1ccc(O)cc1)c1ccc(Cl)cc1Cl. The molecule has 1 atom stereocenters. The minimum Gasteiger partial charge on any atom is -0.508 e. The van der Waals surface area contributed by atoms with Crippen LogP contribution < -0.4 is 5.32 Å². The summed E-state index contributed by atoms with van der Waals surface area (Å²) in [6, 6.07) is 11.7. The third kappa shape index (κ3) is 4.83. The molecule has 0 aromatic heterocycles. The molecule has 0 bridgehead atoms. The molecule has 0 spiro atoms. The van der Waals surface area contributed by atoms with Crippen LogP contribution in [0.2, 0.25) is 10.0 Å². The highest BCUT2D eigenvalue weighted by molar-refractivity contribution is 8.00. The second kappa shape index (κ2) is 7.77. The van der Waals surface area contributed by atoms with Crippen LogP contribution >= 0.6 is 35.0 Å². The van der Waals surface area contributed by atoms with Crippen LogP contribution in [0.5, 0.6) is 5.75 Å². The van der Waals surface area contributed by atoms with Crippen LogP contribution in [0.25, 0.3) is 0 Å². The molecule has 0 saturated carbocycles. The van der Waals surface area contributed by atoms with E-state index in [1.807, 2.05) is 13.0 Å². The van der Waals surface area contributed by atoms with Gasteiger partial charge in [0.1, 0.15) is 5.75 Å². The number of rotatable bonds is 5. The summed E-state index contributed by atoms with van der Waals surface area (Å²) < 4.78 is 0. The third-order valence-corrected chi connectivity index (χ3v) is 4.59. The molecule has 22 heavy (non-hydrogen) atoms. The van der Waals surface area contributed by atoms with Gasteiger partial charge in [-0.2, -0.15) is 0 Å². The normalized spacial score (nSPS) is 12.0. The number of carbonyl (C=O) groups excluding carboxylic acids is 1. The van der Waals surface area contributed by atoms with Gasteiger partial charge in [-0.25, -0.2) is 0 Å². The number of hydrogen-bond acceptors (Lipinski definition) is 3. The summed E-state index contributed by atoms with van der Waals surface area (Å²) in [5.74, 6) is 0.414. The molecule has 0 saturated heterocycles. The first-order chi connectivity index (χ1) is 10.5. The Bertz CT molecular complexity index is 662. The molecule has 0 aliphatic rings. The summed E-state index contributed by atoms with van der Waals surface area (Å²) in [5.41, 5.74) is 0.828. The zero-order chi connectivity index (χ0) is 16.1. The molecule has 1 unspecified atom stereocenters. The summed E-state index contributed by atoms with van der Waals surface area (Å²) in [6.07, 6.45) is 0. The maximum Gasteiger partial charge on any atom is 0.230 e. The van der Waals surface area contributed by atoms with Crippen molar-refractivity contribution in [1.29, 1.82) is 0 Å². The Hall–Kier alpha value is -1.36. The van der Waals surface area contributed by atoms with E-state index in [2.05, 4.69) is 5.32 Å². The van der Waals surface area contributed by atoms with E-state index >= 15 is 0 Å². The minimum atomic E-state index is -0.197. The summed E-state index contributed by atoms with van der Waals surface area (Å²) in [6.45, 7) is 1.87. The minimum absolute atomic E-state index is 0.0865. The fourth-order valence-electron chi connectivity index (χ4n) is 1.90. The van der Waals surface area contributed by atoms with Crippen molar-refractivity contribution < 1.29 is 9.90 Å². The Labute approximate surface area is 143 Å². The van der Waals surface area contributed by atoms with Gasteiger partial charge in [-0.05, 0) is 48.9 Å². The molecular weight excluding hydrogens is 341 g/mol. The van der Waals surface area contributed by atoms with E-state index in [4.69, 9.17) is 23.2 Å². The summed E-state index contributed by atoms with van der Waals surface area (Å²) in [4.78, 5) is 12.9. The number of amides is 1. The van der Waals surface area contributed by atoms with Crippen molar-refractivity contribution in [2.24, 2.45) is 0 Å². The van der Waals surface area contributed by atoms with E-state index in [1.165, 1.54) is 11.8 Å². The Morgan fingerprint density at radius 2 is 1.91 bits per heavy atom. The quantitative estimate of drug-likeness (QED) is 0.766. The lowest BCUT2D eigenvalue weighted by Gasteiger charge is -2.16. The molecule has 0 aliphatic heterocycles.